The molecule has 1 aliphatic rings. The Hall–Kier alpha value is -2.35. The van der Waals surface area contributed by atoms with Crippen LogP contribution in [0, 0.1) is 6.92 Å². The van der Waals surface area contributed by atoms with Crippen molar-refractivity contribution in [2.75, 3.05) is 13.1 Å². The molecule has 0 saturated carbocycles. The number of pyridine rings is 1. The molecule has 1 amide bonds. The van der Waals surface area contributed by atoms with Gasteiger partial charge in [-0.1, -0.05) is 11.4 Å². The summed E-state index contributed by atoms with van der Waals surface area (Å²) in [6.45, 7) is 6.31. The third-order valence-electron chi connectivity index (χ3n) is 4.92. The second kappa shape index (κ2) is 7.11. The third-order valence-corrected chi connectivity index (χ3v) is 5.73. The summed E-state index contributed by atoms with van der Waals surface area (Å²) in [6, 6.07) is 4.17. The van der Waals surface area contributed by atoms with Crippen LogP contribution in [0.15, 0.2) is 18.3 Å². The summed E-state index contributed by atoms with van der Waals surface area (Å²) in [5, 5.41) is 9.47. The normalized spacial score (nSPS) is 17.8. The summed E-state index contributed by atoms with van der Waals surface area (Å²) in [7, 11) is 0. The van der Waals surface area contributed by atoms with E-state index in [0.717, 1.165) is 49.1 Å². The zero-order valence-electron chi connectivity index (χ0n) is 15.1. The minimum atomic E-state index is 0.0410. The number of rotatable bonds is 4. The molecule has 1 saturated heterocycles. The van der Waals surface area contributed by atoms with Gasteiger partial charge >= 0.3 is 0 Å². The highest BCUT2D eigenvalue weighted by atomic mass is 32.1. The Kier molecular flexibility index (Phi) is 4.67. The maximum atomic E-state index is 12.8. The van der Waals surface area contributed by atoms with Crippen LogP contribution in [0.3, 0.4) is 0 Å². The molecule has 8 heteroatoms. The smallest absolute Gasteiger partial charge is 0.267 e. The van der Waals surface area contributed by atoms with E-state index < -0.39 is 0 Å². The lowest BCUT2D eigenvalue weighted by atomic mass is 9.94. The van der Waals surface area contributed by atoms with E-state index in [0.29, 0.717) is 17.1 Å². The summed E-state index contributed by atoms with van der Waals surface area (Å²) in [6.07, 6.45) is 4.93. The summed E-state index contributed by atoms with van der Waals surface area (Å²) in [4.78, 5) is 20.3. The first kappa shape index (κ1) is 17.1. The molecule has 4 rings (SSSR count). The van der Waals surface area contributed by atoms with Crippen LogP contribution in [-0.2, 0) is 6.54 Å². The molecule has 26 heavy (non-hydrogen) atoms. The molecule has 0 N–H and O–H groups in total. The number of nitrogens with zero attached hydrogens (tertiary/aromatic N) is 6. The third kappa shape index (κ3) is 3.09. The van der Waals surface area contributed by atoms with Crippen LogP contribution in [0.1, 0.15) is 53.2 Å². The van der Waals surface area contributed by atoms with Gasteiger partial charge in [0.2, 0.25) is 0 Å². The van der Waals surface area contributed by atoms with Crippen molar-refractivity contribution in [2.24, 2.45) is 0 Å². The minimum absolute atomic E-state index is 0.0410. The van der Waals surface area contributed by atoms with Crippen LogP contribution in [0.25, 0.3) is 11.0 Å². The van der Waals surface area contributed by atoms with Crippen molar-refractivity contribution >= 4 is 28.5 Å². The van der Waals surface area contributed by atoms with Crippen molar-refractivity contribution in [2.45, 2.75) is 45.6 Å². The van der Waals surface area contributed by atoms with Gasteiger partial charge in [-0.2, -0.15) is 5.10 Å². The predicted molar refractivity (Wildman–Crippen MR) is 100 cm³/mol. The zero-order chi connectivity index (χ0) is 18.1. The highest BCUT2D eigenvalue weighted by Gasteiger charge is 2.28. The van der Waals surface area contributed by atoms with E-state index in [9.17, 15) is 4.79 Å². The van der Waals surface area contributed by atoms with Crippen LogP contribution in [0.5, 0.6) is 0 Å². The fourth-order valence-electron chi connectivity index (χ4n) is 3.55. The minimum Gasteiger partial charge on any atom is -0.337 e. The average Bonchev–Trinajstić information content (AvgIpc) is 3.27. The second-order valence-corrected chi connectivity index (χ2v) is 7.55. The Morgan fingerprint density at radius 1 is 1.38 bits per heavy atom. The van der Waals surface area contributed by atoms with Gasteiger partial charge in [0.25, 0.3) is 5.91 Å². The van der Waals surface area contributed by atoms with Crippen LogP contribution in [-0.4, -0.2) is 48.2 Å². The lowest BCUT2D eigenvalue weighted by Crippen LogP contribution is -2.39. The molecule has 0 aromatic carbocycles. The number of aryl methyl sites for hydroxylation is 2. The van der Waals surface area contributed by atoms with E-state index in [4.69, 9.17) is 4.98 Å². The van der Waals surface area contributed by atoms with Crippen molar-refractivity contribution in [1.82, 2.24) is 29.3 Å². The Morgan fingerprint density at radius 3 is 3.04 bits per heavy atom. The van der Waals surface area contributed by atoms with E-state index in [2.05, 4.69) is 33.7 Å². The number of fused-ring (bicyclic) bond motifs is 1. The van der Waals surface area contributed by atoms with E-state index in [-0.39, 0.29) is 11.8 Å². The highest BCUT2D eigenvalue weighted by molar-refractivity contribution is 7.07. The van der Waals surface area contributed by atoms with Gasteiger partial charge < -0.3 is 4.90 Å². The largest absolute Gasteiger partial charge is 0.337 e. The molecule has 136 valence electrons. The molecule has 1 unspecified atom stereocenters. The topological polar surface area (TPSA) is 76.8 Å². The molecule has 3 aromatic rings. The van der Waals surface area contributed by atoms with Gasteiger partial charge in [-0.3, -0.25) is 4.79 Å². The van der Waals surface area contributed by atoms with Crippen LogP contribution in [0.4, 0.5) is 0 Å². The van der Waals surface area contributed by atoms with Crippen molar-refractivity contribution in [3.05, 3.63) is 34.6 Å². The number of likely N-dealkylation sites (tertiary alicyclic amines) is 1. The van der Waals surface area contributed by atoms with Crippen molar-refractivity contribution in [3.63, 3.8) is 0 Å². The molecule has 0 radical (unpaired) electrons. The van der Waals surface area contributed by atoms with Crippen LogP contribution < -0.4 is 0 Å². The number of amides is 1. The van der Waals surface area contributed by atoms with Gasteiger partial charge in [0, 0.05) is 36.6 Å². The Labute approximate surface area is 156 Å². The first-order valence-electron chi connectivity index (χ1n) is 9.08. The van der Waals surface area contributed by atoms with E-state index in [1.165, 1.54) is 11.5 Å². The number of carbonyl (C=O) groups is 1. The first-order chi connectivity index (χ1) is 12.7. The van der Waals surface area contributed by atoms with Crippen LogP contribution >= 0.6 is 11.5 Å². The molecular formula is C18H22N6OS. The fourth-order valence-corrected chi connectivity index (χ4v) is 4.17. The Balaban J connectivity index is 1.57. The molecule has 7 nitrogen and oxygen atoms in total. The fraction of sp³-hybridized carbons (Fsp3) is 0.500. The highest BCUT2D eigenvalue weighted by Crippen LogP contribution is 2.28. The van der Waals surface area contributed by atoms with Gasteiger partial charge in [0.05, 0.1) is 11.9 Å². The number of hydrogen-bond acceptors (Lipinski definition) is 6. The lowest BCUT2D eigenvalue weighted by Gasteiger charge is -2.32. The molecule has 3 aromatic heterocycles. The van der Waals surface area contributed by atoms with E-state index >= 15 is 0 Å². The van der Waals surface area contributed by atoms with E-state index in [1.807, 2.05) is 22.7 Å². The maximum Gasteiger partial charge on any atom is 0.267 e. The molecular weight excluding hydrogens is 348 g/mol. The number of carbonyl (C=O) groups excluding carboxylic acids is 1. The van der Waals surface area contributed by atoms with Gasteiger partial charge in [0.1, 0.15) is 4.88 Å². The van der Waals surface area contributed by atoms with Crippen molar-refractivity contribution in [1.29, 1.82) is 0 Å². The van der Waals surface area contributed by atoms with Gasteiger partial charge in [-0.25, -0.2) is 9.67 Å². The SMILES string of the molecule is CCCn1ncc2ccc(C3CCCN(C(=O)c4snnc4C)C3)nc21. The molecule has 1 atom stereocenters. The lowest BCUT2D eigenvalue weighted by molar-refractivity contribution is 0.0710. The standard InChI is InChI=1S/C18H22N6OS/c1-3-8-24-17-13(10-19-24)6-7-15(20-17)14-5-4-9-23(11-14)18(25)16-12(2)21-22-26-16/h6-7,10,14H,3-5,8-9,11H2,1-2H3. The Bertz CT molecular complexity index is 933. The molecule has 0 aliphatic carbocycles. The number of piperidine rings is 1. The van der Waals surface area contributed by atoms with Gasteiger partial charge in [-0.05, 0) is 49.9 Å². The summed E-state index contributed by atoms with van der Waals surface area (Å²) >= 11 is 1.18. The Morgan fingerprint density at radius 2 is 2.27 bits per heavy atom. The number of aromatic nitrogens is 5. The van der Waals surface area contributed by atoms with Crippen LogP contribution in [0.2, 0.25) is 0 Å². The monoisotopic (exact) mass is 370 g/mol. The van der Waals surface area contributed by atoms with E-state index in [1.54, 1.807) is 0 Å². The molecule has 1 fully saturated rings. The summed E-state index contributed by atoms with van der Waals surface area (Å²) < 4.78 is 5.86. The molecule has 0 bridgehead atoms. The molecule has 1 aliphatic heterocycles. The molecule has 0 spiro atoms. The van der Waals surface area contributed by atoms with Gasteiger partial charge in [-0.15, -0.1) is 5.10 Å². The predicted octanol–water partition coefficient (Wildman–Crippen LogP) is 3.02. The van der Waals surface area contributed by atoms with Crippen molar-refractivity contribution in [3.8, 4) is 0 Å². The van der Waals surface area contributed by atoms with Crippen molar-refractivity contribution < 1.29 is 4.79 Å². The summed E-state index contributed by atoms with van der Waals surface area (Å²) in [5.74, 6) is 0.294. The first-order valence-corrected chi connectivity index (χ1v) is 9.85. The zero-order valence-corrected chi connectivity index (χ0v) is 15.9. The van der Waals surface area contributed by atoms with Gasteiger partial charge in [0.15, 0.2) is 5.65 Å². The maximum absolute atomic E-state index is 12.8. The average molecular weight is 370 g/mol. The quantitative estimate of drug-likeness (QED) is 0.705. The molecule has 4 heterocycles. The second-order valence-electron chi connectivity index (χ2n) is 6.79. The number of hydrogen-bond donors (Lipinski definition) is 0. The summed E-state index contributed by atoms with van der Waals surface area (Å²) in [5.41, 5.74) is 2.70.